The van der Waals surface area contributed by atoms with Gasteiger partial charge in [-0.2, -0.15) is 8.75 Å². The molecule has 20 heavy (non-hydrogen) atoms. The first-order chi connectivity index (χ1) is 9.81. The Kier molecular flexibility index (Phi) is 3.28. The van der Waals surface area contributed by atoms with Crippen molar-refractivity contribution < 1.29 is 0 Å². The van der Waals surface area contributed by atoms with Gasteiger partial charge in [0.15, 0.2) is 0 Å². The van der Waals surface area contributed by atoms with E-state index < -0.39 is 0 Å². The third kappa shape index (κ3) is 2.38. The molecule has 1 N–H and O–H groups in total. The van der Waals surface area contributed by atoms with Gasteiger partial charge < -0.3 is 10.2 Å². The second-order valence-corrected chi connectivity index (χ2v) is 6.69. The van der Waals surface area contributed by atoms with Gasteiger partial charge in [0.1, 0.15) is 11.0 Å². The van der Waals surface area contributed by atoms with E-state index in [4.69, 9.17) is 11.6 Å². The zero-order valence-corrected chi connectivity index (χ0v) is 12.8. The highest BCUT2D eigenvalue weighted by molar-refractivity contribution is 7.00. The maximum atomic E-state index is 6.43. The van der Waals surface area contributed by atoms with Crippen molar-refractivity contribution in [2.24, 2.45) is 0 Å². The van der Waals surface area contributed by atoms with E-state index >= 15 is 0 Å². The molecular formula is C14H17ClN4S. The molecule has 4 rings (SSSR count). The summed E-state index contributed by atoms with van der Waals surface area (Å²) in [5.74, 6) is 0. The molecule has 1 aliphatic heterocycles. The SMILES string of the molecule is Clc1ccc2nsnc2c1N1CCCC(NC2CC2)C1. The highest BCUT2D eigenvalue weighted by Crippen LogP contribution is 2.35. The number of nitrogens with zero attached hydrogens (tertiary/aromatic N) is 3. The van der Waals surface area contributed by atoms with Gasteiger partial charge in [-0.25, -0.2) is 0 Å². The number of piperidine rings is 1. The van der Waals surface area contributed by atoms with Crippen LogP contribution in [0.15, 0.2) is 12.1 Å². The molecule has 4 nitrogen and oxygen atoms in total. The quantitative estimate of drug-likeness (QED) is 0.946. The summed E-state index contributed by atoms with van der Waals surface area (Å²) in [7, 11) is 0. The van der Waals surface area contributed by atoms with Crippen LogP contribution in [0.1, 0.15) is 25.7 Å². The molecule has 2 fully saturated rings. The smallest absolute Gasteiger partial charge is 0.129 e. The van der Waals surface area contributed by atoms with Gasteiger partial charge in [0.2, 0.25) is 0 Å². The molecule has 1 atom stereocenters. The van der Waals surface area contributed by atoms with Gasteiger partial charge in [0, 0.05) is 25.2 Å². The Hall–Kier alpha value is -0.910. The molecule has 1 aromatic carbocycles. The maximum Gasteiger partial charge on any atom is 0.129 e. The summed E-state index contributed by atoms with van der Waals surface area (Å²) >= 11 is 7.69. The number of halogens is 1. The fraction of sp³-hybridized carbons (Fsp3) is 0.571. The van der Waals surface area contributed by atoms with Gasteiger partial charge in [0.25, 0.3) is 0 Å². The van der Waals surface area contributed by atoms with E-state index in [-0.39, 0.29) is 0 Å². The predicted octanol–water partition coefficient (Wildman–Crippen LogP) is 3.07. The zero-order valence-electron chi connectivity index (χ0n) is 11.2. The Bertz CT molecular complexity index is 625. The normalized spacial score (nSPS) is 23.4. The van der Waals surface area contributed by atoms with Gasteiger partial charge in [-0.3, -0.25) is 0 Å². The van der Waals surface area contributed by atoms with Gasteiger partial charge in [-0.15, -0.1) is 0 Å². The number of nitrogens with one attached hydrogen (secondary N) is 1. The highest BCUT2D eigenvalue weighted by atomic mass is 35.5. The summed E-state index contributed by atoms with van der Waals surface area (Å²) in [6.07, 6.45) is 5.14. The lowest BCUT2D eigenvalue weighted by Crippen LogP contribution is -2.46. The van der Waals surface area contributed by atoms with Crippen LogP contribution in [0.4, 0.5) is 5.69 Å². The molecule has 1 saturated heterocycles. The van der Waals surface area contributed by atoms with Gasteiger partial charge in [0.05, 0.1) is 22.4 Å². The summed E-state index contributed by atoms with van der Waals surface area (Å²) in [5, 5.41) is 4.52. The summed E-state index contributed by atoms with van der Waals surface area (Å²) in [6, 6.07) is 5.23. The second-order valence-electron chi connectivity index (χ2n) is 5.75. The van der Waals surface area contributed by atoms with Crippen LogP contribution in [0, 0.1) is 0 Å². The number of fused-ring (bicyclic) bond motifs is 1. The monoisotopic (exact) mass is 308 g/mol. The lowest BCUT2D eigenvalue weighted by molar-refractivity contribution is 0.421. The molecule has 1 saturated carbocycles. The topological polar surface area (TPSA) is 41.1 Å². The molecule has 106 valence electrons. The molecule has 2 aromatic rings. The third-order valence-corrected chi connectivity index (χ3v) is 4.99. The highest BCUT2D eigenvalue weighted by Gasteiger charge is 2.29. The van der Waals surface area contributed by atoms with Crippen LogP contribution in [0.2, 0.25) is 5.02 Å². The van der Waals surface area contributed by atoms with Crippen LogP contribution in [-0.4, -0.2) is 33.9 Å². The molecule has 1 aliphatic carbocycles. The molecule has 2 aliphatic rings. The Balaban J connectivity index is 1.63. The zero-order chi connectivity index (χ0) is 13.5. The van der Waals surface area contributed by atoms with Crippen LogP contribution in [0.5, 0.6) is 0 Å². The Morgan fingerprint density at radius 3 is 2.95 bits per heavy atom. The lowest BCUT2D eigenvalue weighted by atomic mass is 10.0. The van der Waals surface area contributed by atoms with Crippen molar-refractivity contribution in [3.8, 4) is 0 Å². The Morgan fingerprint density at radius 2 is 2.10 bits per heavy atom. The molecule has 0 radical (unpaired) electrons. The van der Waals surface area contributed by atoms with Crippen LogP contribution in [-0.2, 0) is 0 Å². The molecule has 1 unspecified atom stereocenters. The molecule has 1 aromatic heterocycles. The summed E-state index contributed by atoms with van der Waals surface area (Å²) in [6.45, 7) is 2.08. The number of hydrogen-bond acceptors (Lipinski definition) is 5. The molecule has 0 bridgehead atoms. The van der Waals surface area contributed by atoms with E-state index in [0.29, 0.717) is 6.04 Å². The molecule has 2 heterocycles. The number of aromatic nitrogens is 2. The van der Waals surface area contributed by atoms with E-state index in [1.54, 1.807) is 0 Å². The van der Waals surface area contributed by atoms with Crippen molar-refractivity contribution in [3.63, 3.8) is 0 Å². The molecule has 0 amide bonds. The number of anilines is 1. The first kappa shape index (κ1) is 12.8. The number of rotatable bonds is 3. The predicted molar refractivity (Wildman–Crippen MR) is 83.8 cm³/mol. The van der Waals surface area contributed by atoms with Crippen molar-refractivity contribution in [1.29, 1.82) is 0 Å². The fourth-order valence-corrected chi connectivity index (χ4v) is 3.82. The third-order valence-electron chi connectivity index (χ3n) is 4.14. The summed E-state index contributed by atoms with van der Waals surface area (Å²) in [5.41, 5.74) is 2.97. The first-order valence-corrected chi connectivity index (χ1v) is 8.34. The maximum absolute atomic E-state index is 6.43. The minimum absolute atomic E-state index is 0.578. The minimum atomic E-state index is 0.578. The van der Waals surface area contributed by atoms with E-state index in [2.05, 4.69) is 19.0 Å². The van der Waals surface area contributed by atoms with Crippen molar-refractivity contribution in [2.45, 2.75) is 37.8 Å². The number of benzene rings is 1. The average Bonchev–Trinajstić information content (AvgIpc) is 3.14. The van der Waals surface area contributed by atoms with E-state index in [1.807, 2.05) is 12.1 Å². The van der Waals surface area contributed by atoms with Crippen molar-refractivity contribution in [3.05, 3.63) is 17.2 Å². The molecule has 0 spiro atoms. The Morgan fingerprint density at radius 1 is 1.20 bits per heavy atom. The molecule has 6 heteroatoms. The van der Waals surface area contributed by atoms with Crippen LogP contribution >= 0.6 is 23.3 Å². The summed E-state index contributed by atoms with van der Waals surface area (Å²) < 4.78 is 8.76. The fourth-order valence-electron chi connectivity index (χ4n) is 3.01. The average molecular weight is 309 g/mol. The van der Waals surface area contributed by atoms with Gasteiger partial charge in [-0.1, -0.05) is 11.6 Å². The standard InChI is InChI=1S/C14H17ClN4S/c15-11-5-6-12-13(18-20-17-12)14(11)19-7-1-2-10(8-19)16-9-3-4-9/h5-6,9-10,16H,1-4,7-8H2. The van der Waals surface area contributed by atoms with E-state index in [1.165, 1.54) is 37.4 Å². The molecular weight excluding hydrogens is 292 g/mol. The van der Waals surface area contributed by atoms with Crippen LogP contribution in [0.3, 0.4) is 0 Å². The Labute approximate surface area is 127 Å². The number of hydrogen-bond donors (Lipinski definition) is 1. The second kappa shape index (κ2) is 5.13. The van der Waals surface area contributed by atoms with E-state index in [0.717, 1.165) is 40.9 Å². The van der Waals surface area contributed by atoms with Gasteiger partial charge in [-0.05, 0) is 37.8 Å². The largest absolute Gasteiger partial charge is 0.367 e. The summed E-state index contributed by atoms with van der Waals surface area (Å²) in [4.78, 5) is 2.38. The van der Waals surface area contributed by atoms with Gasteiger partial charge >= 0.3 is 0 Å². The van der Waals surface area contributed by atoms with Crippen molar-refractivity contribution in [2.75, 3.05) is 18.0 Å². The first-order valence-electron chi connectivity index (χ1n) is 7.23. The lowest BCUT2D eigenvalue weighted by Gasteiger charge is -2.35. The van der Waals surface area contributed by atoms with Crippen molar-refractivity contribution in [1.82, 2.24) is 14.1 Å². The van der Waals surface area contributed by atoms with Crippen LogP contribution < -0.4 is 10.2 Å². The van der Waals surface area contributed by atoms with E-state index in [9.17, 15) is 0 Å². The minimum Gasteiger partial charge on any atom is -0.367 e. The van der Waals surface area contributed by atoms with Crippen molar-refractivity contribution >= 4 is 40.0 Å². The van der Waals surface area contributed by atoms with Crippen LogP contribution in [0.25, 0.3) is 11.0 Å².